The van der Waals surface area contributed by atoms with E-state index in [-0.39, 0.29) is 0 Å². The fraction of sp³-hybridized carbons (Fsp3) is 0.733. The molecule has 0 radical (unpaired) electrons. The maximum atomic E-state index is 6.23. The zero-order chi connectivity index (χ0) is 14.0. The van der Waals surface area contributed by atoms with Crippen molar-refractivity contribution in [2.24, 2.45) is 5.92 Å². The van der Waals surface area contributed by atoms with Crippen LogP contribution in [0.4, 0.5) is 5.82 Å². The molecule has 3 nitrogen and oxygen atoms in total. The molecule has 2 unspecified atom stereocenters. The second kappa shape index (κ2) is 6.08. The minimum atomic E-state index is 0.582. The SMILES string of the molecule is CCc1nc(Cl)c(C)c(N(C)C2CCCC(C)C2)n1. The molecule has 1 aliphatic rings. The minimum Gasteiger partial charge on any atom is -0.356 e. The number of aromatic nitrogens is 2. The lowest BCUT2D eigenvalue weighted by Crippen LogP contribution is -2.36. The van der Waals surface area contributed by atoms with Crippen molar-refractivity contribution in [3.05, 3.63) is 16.5 Å². The van der Waals surface area contributed by atoms with E-state index in [1.54, 1.807) is 0 Å². The highest BCUT2D eigenvalue weighted by Crippen LogP contribution is 2.31. The van der Waals surface area contributed by atoms with Gasteiger partial charge in [-0.2, -0.15) is 0 Å². The molecule has 0 aliphatic heterocycles. The van der Waals surface area contributed by atoms with Gasteiger partial charge in [-0.3, -0.25) is 0 Å². The second-order valence-corrected chi connectivity index (χ2v) is 6.13. The van der Waals surface area contributed by atoms with Crippen LogP contribution in [0.5, 0.6) is 0 Å². The first kappa shape index (κ1) is 14.6. The van der Waals surface area contributed by atoms with E-state index < -0.39 is 0 Å². The maximum absolute atomic E-state index is 6.23. The highest BCUT2D eigenvalue weighted by Gasteiger charge is 2.25. The van der Waals surface area contributed by atoms with E-state index in [0.717, 1.165) is 29.5 Å². The summed E-state index contributed by atoms with van der Waals surface area (Å²) in [7, 11) is 2.15. The Balaban J connectivity index is 2.27. The van der Waals surface area contributed by atoms with Crippen molar-refractivity contribution in [3.8, 4) is 0 Å². The fourth-order valence-electron chi connectivity index (χ4n) is 2.95. The van der Waals surface area contributed by atoms with E-state index >= 15 is 0 Å². The molecular formula is C15H24ClN3. The van der Waals surface area contributed by atoms with Gasteiger partial charge >= 0.3 is 0 Å². The summed E-state index contributed by atoms with van der Waals surface area (Å²) < 4.78 is 0. The number of halogens is 1. The van der Waals surface area contributed by atoms with Crippen LogP contribution in [0.25, 0.3) is 0 Å². The number of hydrogen-bond donors (Lipinski definition) is 0. The first-order chi connectivity index (χ1) is 9.02. The van der Waals surface area contributed by atoms with Crippen LogP contribution in [0.15, 0.2) is 0 Å². The Morgan fingerprint density at radius 3 is 2.68 bits per heavy atom. The van der Waals surface area contributed by atoms with Crippen molar-refractivity contribution in [1.82, 2.24) is 9.97 Å². The highest BCUT2D eigenvalue weighted by molar-refractivity contribution is 6.30. The molecule has 1 fully saturated rings. The van der Waals surface area contributed by atoms with E-state index in [1.165, 1.54) is 25.7 Å². The summed E-state index contributed by atoms with van der Waals surface area (Å²) in [6, 6.07) is 0.582. The maximum Gasteiger partial charge on any atom is 0.137 e. The summed E-state index contributed by atoms with van der Waals surface area (Å²) in [6.07, 6.45) is 5.99. The van der Waals surface area contributed by atoms with Crippen LogP contribution in [0.1, 0.15) is 50.9 Å². The molecule has 1 saturated carbocycles. The van der Waals surface area contributed by atoms with Crippen molar-refractivity contribution in [2.45, 2.75) is 58.9 Å². The smallest absolute Gasteiger partial charge is 0.137 e. The zero-order valence-electron chi connectivity index (χ0n) is 12.4. The van der Waals surface area contributed by atoms with Gasteiger partial charge in [0.25, 0.3) is 0 Å². The van der Waals surface area contributed by atoms with Crippen LogP contribution in [-0.2, 0) is 6.42 Å². The standard InChI is InChI=1S/C15H24ClN3/c1-5-13-17-14(16)11(3)15(18-13)19(4)12-8-6-7-10(2)9-12/h10,12H,5-9H2,1-4H3. The molecule has 1 heterocycles. The van der Waals surface area contributed by atoms with Gasteiger partial charge in [0, 0.05) is 25.1 Å². The Bertz CT molecular complexity index is 447. The molecule has 1 aliphatic carbocycles. The van der Waals surface area contributed by atoms with Crippen LogP contribution in [-0.4, -0.2) is 23.1 Å². The number of rotatable bonds is 3. The van der Waals surface area contributed by atoms with Gasteiger partial charge in [0.15, 0.2) is 0 Å². The predicted molar refractivity (Wildman–Crippen MR) is 81.0 cm³/mol. The van der Waals surface area contributed by atoms with Crippen molar-refractivity contribution < 1.29 is 0 Å². The molecule has 0 aromatic carbocycles. The van der Waals surface area contributed by atoms with Gasteiger partial charge in [-0.05, 0) is 25.7 Å². The van der Waals surface area contributed by atoms with Crippen molar-refractivity contribution in [3.63, 3.8) is 0 Å². The molecule has 4 heteroatoms. The molecule has 2 atom stereocenters. The Labute approximate surface area is 121 Å². The van der Waals surface area contributed by atoms with Crippen molar-refractivity contribution in [2.75, 3.05) is 11.9 Å². The topological polar surface area (TPSA) is 29.0 Å². The Kier molecular flexibility index (Phi) is 4.67. The van der Waals surface area contributed by atoms with Crippen molar-refractivity contribution in [1.29, 1.82) is 0 Å². The largest absolute Gasteiger partial charge is 0.356 e. The van der Waals surface area contributed by atoms with Gasteiger partial charge < -0.3 is 4.90 Å². The van der Waals surface area contributed by atoms with Crippen LogP contribution in [0, 0.1) is 12.8 Å². The minimum absolute atomic E-state index is 0.582. The van der Waals surface area contributed by atoms with Gasteiger partial charge in [0.2, 0.25) is 0 Å². The monoisotopic (exact) mass is 281 g/mol. The van der Waals surface area contributed by atoms with E-state index in [2.05, 4.69) is 35.8 Å². The molecule has 0 N–H and O–H groups in total. The van der Waals surface area contributed by atoms with Gasteiger partial charge in [-0.25, -0.2) is 9.97 Å². The molecule has 2 rings (SSSR count). The first-order valence-corrected chi connectivity index (χ1v) is 7.66. The van der Waals surface area contributed by atoms with Gasteiger partial charge in [0.1, 0.15) is 16.8 Å². The fourth-order valence-corrected chi connectivity index (χ4v) is 3.13. The highest BCUT2D eigenvalue weighted by atomic mass is 35.5. The third kappa shape index (κ3) is 3.19. The van der Waals surface area contributed by atoms with Crippen LogP contribution in [0.2, 0.25) is 5.15 Å². The number of aryl methyl sites for hydroxylation is 1. The van der Waals surface area contributed by atoms with Gasteiger partial charge in [-0.1, -0.05) is 38.3 Å². The molecule has 0 amide bonds. The van der Waals surface area contributed by atoms with E-state index in [1.807, 2.05) is 6.92 Å². The molecule has 1 aromatic rings. The molecular weight excluding hydrogens is 258 g/mol. The third-order valence-electron chi connectivity index (χ3n) is 4.21. The summed E-state index contributed by atoms with van der Waals surface area (Å²) in [5.41, 5.74) is 1.000. The van der Waals surface area contributed by atoms with E-state index in [9.17, 15) is 0 Å². The van der Waals surface area contributed by atoms with E-state index in [0.29, 0.717) is 11.2 Å². The molecule has 106 valence electrons. The molecule has 0 bridgehead atoms. The third-order valence-corrected chi connectivity index (χ3v) is 4.58. The Hall–Kier alpha value is -0.830. The molecule has 0 saturated heterocycles. The lowest BCUT2D eigenvalue weighted by molar-refractivity contribution is 0.335. The van der Waals surface area contributed by atoms with Crippen LogP contribution < -0.4 is 4.90 Å². The summed E-state index contributed by atoms with van der Waals surface area (Å²) in [5, 5.41) is 0.595. The van der Waals surface area contributed by atoms with Crippen molar-refractivity contribution >= 4 is 17.4 Å². The van der Waals surface area contributed by atoms with Crippen LogP contribution >= 0.6 is 11.6 Å². The molecule has 0 spiro atoms. The lowest BCUT2D eigenvalue weighted by atomic mass is 9.86. The van der Waals surface area contributed by atoms with E-state index in [4.69, 9.17) is 11.6 Å². The summed E-state index contributed by atoms with van der Waals surface area (Å²) in [6.45, 7) is 6.42. The van der Waals surface area contributed by atoms with Gasteiger partial charge in [-0.15, -0.1) is 0 Å². The lowest BCUT2D eigenvalue weighted by Gasteiger charge is -2.35. The normalized spacial score (nSPS) is 23.4. The zero-order valence-corrected chi connectivity index (χ0v) is 13.2. The average molecular weight is 282 g/mol. The average Bonchev–Trinajstić information content (AvgIpc) is 2.41. The number of hydrogen-bond acceptors (Lipinski definition) is 3. The predicted octanol–water partition coefficient (Wildman–Crippen LogP) is 4.02. The summed E-state index contributed by atoms with van der Waals surface area (Å²) >= 11 is 6.23. The summed E-state index contributed by atoms with van der Waals surface area (Å²) in [5.74, 6) is 2.65. The summed E-state index contributed by atoms with van der Waals surface area (Å²) in [4.78, 5) is 11.3. The Morgan fingerprint density at radius 1 is 1.32 bits per heavy atom. The number of nitrogens with zero attached hydrogens (tertiary/aromatic N) is 3. The second-order valence-electron chi connectivity index (χ2n) is 5.77. The molecule has 19 heavy (non-hydrogen) atoms. The number of anilines is 1. The first-order valence-electron chi connectivity index (χ1n) is 7.28. The quantitative estimate of drug-likeness (QED) is 0.784. The Morgan fingerprint density at radius 2 is 2.05 bits per heavy atom. The molecule has 1 aromatic heterocycles. The van der Waals surface area contributed by atoms with Crippen LogP contribution in [0.3, 0.4) is 0 Å². The van der Waals surface area contributed by atoms with Gasteiger partial charge in [0.05, 0.1) is 0 Å².